The van der Waals surface area contributed by atoms with E-state index in [1.807, 2.05) is 19.1 Å². The number of fused-ring (bicyclic) bond motifs is 1. The van der Waals surface area contributed by atoms with Gasteiger partial charge in [0.2, 0.25) is 0 Å². The van der Waals surface area contributed by atoms with Crippen LogP contribution in [0, 0.1) is 0 Å². The second kappa shape index (κ2) is 6.41. The minimum absolute atomic E-state index is 0.380. The summed E-state index contributed by atoms with van der Waals surface area (Å²) >= 11 is 0. The topological polar surface area (TPSA) is 65.1 Å². The van der Waals surface area contributed by atoms with Crippen molar-refractivity contribution in [1.82, 2.24) is 0 Å². The monoisotopic (exact) mass is 291 g/mol. The molecule has 0 N–H and O–H groups in total. The van der Waals surface area contributed by atoms with Crippen LogP contribution in [0.2, 0.25) is 0 Å². The third-order valence-corrected chi connectivity index (χ3v) is 3.15. The lowest BCUT2D eigenvalue weighted by Gasteiger charge is -2.24. The van der Waals surface area contributed by atoms with Crippen molar-refractivity contribution in [2.24, 2.45) is 0 Å². The molecule has 1 amide bonds. The summed E-state index contributed by atoms with van der Waals surface area (Å²) in [7, 11) is 2.60. The number of hydrogen-bond donors (Lipinski definition) is 0. The molecule has 6 heteroatoms. The van der Waals surface area contributed by atoms with Crippen LogP contribution in [0.15, 0.2) is 30.3 Å². The van der Waals surface area contributed by atoms with Crippen LogP contribution < -0.4 is 4.90 Å². The number of nitrogens with zero attached hydrogens (tertiary/aromatic N) is 1. The molecule has 0 aromatic heterocycles. The summed E-state index contributed by atoms with van der Waals surface area (Å²) in [5, 5.41) is 0. The van der Waals surface area contributed by atoms with Gasteiger partial charge < -0.3 is 14.2 Å². The summed E-state index contributed by atoms with van der Waals surface area (Å²) in [6.45, 7) is 2.19. The third-order valence-electron chi connectivity index (χ3n) is 3.15. The van der Waals surface area contributed by atoms with Gasteiger partial charge in [-0.3, -0.25) is 0 Å². The second-order valence-corrected chi connectivity index (χ2v) is 4.29. The second-order valence-electron chi connectivity index (χ2n) is 4.29. The van der Waals surface area contributed by atoms with Gasteiger partial charge >= 0.3 is 12.1 Å². The molecular formula is C15H17NO5. The number of hydrogen-bond acceptors (Lipinski definition) is 5. The number of para-hydroxylation sites is 1. The Morgan fingerprint density at radius 1 is 1.24 bits per heavy atom. The highest BCUT2D eigenvalue weighted by Gasteiger charge is 2.39. The van der Waals surface area contributed by atoms with Crippen molar-refractivity contribution < 1.29 is 23.8 Å². The summed E-state index contributed by atoms with van der Waals surface area (Å²) < 4.78 is 15.1. The van der Waals surface area contributed by atoms with Crippen LogP contribution >= 0.6 is 0 Å². The Morgan fingerprint density at radius 3 is 2.57 bits per heavy atom. The van der Waals surface area contributed by atoms with E-state index in [0.29, 0.717) is 17.9 Å². The molecule has 0 fully saturated rings. The van der Waals surface area contributed by atoms with E-state index in [1.54, 1.807) is 12.1 Å². The molecule has 1 unspecified atom stereocenters. The highest BCUT2D eigenvalue weighted by atomic mass is 16.6. The van der Waals surface area contributed by atoms with E-state index in [0.717, 1.165) is 5.56 Å². The van der Waals surface area contributed by atoms with E-state index in [9.17, 15) is 9.59 Å². The van der Waals surface area contributed by atoms with Gasteiger partial charge in [-0.05, 0) is 13.0 Å². The zero-order valence-corrected chi connectivity index (χ0v) is 12.2. The Bertz CT molecular complexity index is 581. The number of carbonyl (C=O) groups is 2. The van der Waals surface area contributed by atoms with E-state index in [2.05, 4.69) is 4.74 Å². The molecule has 0 spiro atoms. The first-order valence-corrected chi connectivity index (χ1v) is 6.51. The number of benzene rings is 1. The van der Waals surface area contributed by atoms with Crippen LogP contribution in [-0.2, 0) is 19.0 Å². The first-order chi connectivity index (χ1) is 10.1. The van der Waals surface area contributed by atoms with Crippen LogP contribution in [-0.4, -0.2) is 39.1 Å². The van der Waals surface area contributed by atoms with Crippen molar-refractivity contribution in [1.29, 1.82) is 0 Å². The van der Waals surface area contributed by atoms with Gasteiger partial charge in [-0.2, -0.15) is 0 Å². The highest BCUT2D eigenvalue weighted by molar-refractivity contribution is 6.05. The Kier molecular flexibility index (Phi) is 4.59. The average molecular weight is 291 g/mol. The smallest absolute Gasteiger partial charge is 0.416 e. The van der Waals surface area contributed by atoms with E-state index in [-0.39, 0.29) is 0 Å². The van der Waals surface area contributed by atoms with E-state index < -0.39 is 18.3 Å². The molecule has 0 saturated carbocycles. The van der Waals surface area contributed by atoms with Gasteiger partial charge in [0, 0.05) is 23.8 Å². The van der Waals surface area contributed by atoms with Crippen molar-refractivity contribution in [2.75, 3.05) is 25.7 Å². The van der Waals surface area contributed by atoms with Crippen LogP contribution in [0.5, 0.6) is 0 Å². The fourth-order valence-electron chi connectivity index (χ4n) is 2.28. The van der Waals surface area contributed by atoms with Gasteiger partial charge in [-0.1, -0.05) is 18.2 Å². The van der Waals surface area contributed by atoms with E-state index >= 15 is 0 Å². The minimum Gasteiger partial charge on any atom is -0.466 e. The van der Waals surface area contributed by atoms with E-state index in [1.165, 1.54) is 25.2 Å². The Morgan fingerprint density at radius 2 is 1.95 bits per heavy atom. The number of ether oxygens (including phenoxy) is 3. The average Bonchev–Trinajstić information content (AvgIpc) is 2.81. The lowest BCUT2D eigenvalue weighted by Crippen LogP contribution is -2.39. The maximum Gasteiger partial charge on any atom is 0.416 e. The number of esters is 1. The standard InChI is InChI=1S/C15H17NO5/c1-4-21-14-11(9-13(17)19-2)10-7-5-6-8-12(10)16(14)15(18)20-3/h5-9,14H,4H2,1-3H3/b11-9-. The summed E-state index contributed by atoms with van der Waals surface area (Å²) in [5.41, 5.74) is 1.95. The van der Waals surface area contributed by atoms with Crippen LogP contribution in [0.3, 0.4) is 0 Å². The number of rotatable bonds is 3. The minimum atomic E-state index is -0.709. The molecule has 6 nitrogen and oxygen atoms in total. The van der Waals surface area contributed by atoms with Crippen LogP contribution in [0.25, 0.3) is 5.57 Å². The summed E-state index contributed by atoms with van der Waals surface area (Å²) in [4.78, 5) is 25.0. The van der Waals surface area contributed by atoms with Crippen LogP contribution in [0.4, 0.5) is 10.5 Å². The van der Waals surface area contributed by atoms with Gasteiger partial charge in [0.25, 0.3) is 0 Å². The zero-order valence-electron chi connectivity index (χ0n) is 12.2. The number of carbonyl (C=O) groups excluding carboxylic acids is 2. The number of methoxy groups -OCH3 is 2. The van der Waals surface area contributed by atoms with Crippen molar-refractivity contribution in [3.8, 4) is 0 Å². The number of amides is 1. The molecule has 1 heterocycles. The molecule has 1 atom stereocenters. The van der Waals surface area contributed by atoms with Gasteiger partial charge in [-0.15, -0.1) is 0 Å². The van der Waals surface area contributed by atoms with Gasteiger partial charge in [0.15, 0.2) is 6.23 Å². The molecule has 0 aliphatic carbocycles. The molecule has 0 bridgehead atoms. The first kappa shape index (κ1) is 15.1. The fourth-order valence-corrected chi connectivity index (χ4v) is 2.28. The molecule has 0 radical (unpaired) electrons. The Balaban J connectivity index is 2.55. The van der Waals surface area contributed by atoms with Gasteiger partial charge in [0.1, 0.15) is 0 Å². The van der Waals surface area contributed by atoms with Crippen molar-refractivity contribution in [3.05, 3.63) is 35.9 Å². The Hall–Kier alpha value is -2.34. The molecule has 1 aromatic rings. The van der Waals surface area contributed by atoms with Crippen LogP contribution in [0.1, 0.15) is 12.5 Å². The maximum atomic E-state index is 12.0. The maximum absolute atomic E-state index is 12.0. The Labute approximate surface area is 122 Å². The molecule has 21 heavy (non-hydrogen) atoms. The van der Waals surface area contributed by atoms with Crippen molar-refractivity contribution in [2.45, 2.75) is 13.2 Å². The quantitative estimate of drug-likeness (QED) is 0.631. The molecule has 112 valence electrons. The number of anilines is 1. The third kappa shape index (κ3) is 2.75. The molecule has 0 saturated heterocycles. The zero-order chi connectivity index (χ0) is 15.4. The molecular weight excluding hydrogens is 274 g/mol. The van der Waals surface area contributed by atoms with Gasteiger partial charge in [-0.25, -0.2) is 14.5 Å². The fraction of sp³-hybridized carbons (Fsp3) is 0.333. The lowest BCUT2D eigenvalue weighted by molar-refractivity contribution is -0.134. The lowest BCUT2D eigenvalue weighted by atomic mass is 10.1. The summed E-state index contributed by atoms with van der Waals surface area (Å²) in [6, 6.07) is 7.22. The van der Waals surface area contributed by atoms with E-state index in [4.69, 9.17) is 9.47 Å². The molecule has 2 rings (SSSR count). The summed E-state index contributed by atoms with van der Waals surface area (Å²) in [5.74, 6) is -0.503. The molecule has 1 aromatic carbocycles. The van der Waals surface area contributed by atoms with Crippen molar-refractivity contribution >= 4 is 23.3 Å². The molecule has 1 aliphatic rings. The first-order valence-electron chi connectivity index (χ1n) is 6.51. The predicted octanol–water partition coefficient (Wildman–Crippen LogP) is 2.19. The largest absolute Gasteiger partial charge is 0.466 e. The highest BCUT2D eigenvalue weighted by Crippen LogP contribution is 2.41. The SMILES string of the molecule is CCOC1/C(=C\C(=O)OC)c2ccccc2N1C(=O)OC. The predicted molar refractivity (Wildman–Crippen MR) is 76.7 cm³/mol. The normalized spacial score (nSPS) is 18.5. The summed E-state index contributed by atoms with van der Waals surface area (Å²) in [6.07, 6.45) is 0.0790. The van der Waals surface area contributed by atoms with Crippen molar-refractivity contribution in [3.63, 3.8) is 0 Å². The van der Waals surface area contributed by atoms with Gasteiger partial charge in [0.05, 0.1) is 19.9 Å². The molecule has 1 aliphatic heterocycles.